The Balaban J connectivity index is 3.99. The summed E-state index contributed by atoms with van der Waals surface area (Å²) in [5.74, 6) is -0.394. The summed E-state index contributed by atoms with van der Waals surface area (Å²) in [6.07, 6.45) is 16.8. The minimum atomic E-state index is -0.394. The van der Waals surface area contributed by atoms with Crippen LogP contribution >= 0.6 is 0 Å². The molecule has 0 aliphatic carbocycles. The van der Waals surface area contributed by atoms with Gasteiger partial charge < -0.3 is 4.74 Å². The summed E-state index contributed by atoms with van der Waals surface area (Å²) < 4.78 is 5.50. The molecule has 0 N–H and O–H groups in total. The molecule has 0 radical (unpaired) electrons. The van der Waals surface area contributed by atoms with E-state index in [-0.39, 0.29) is 12.6 Å². The van der Waals surface area contributed by atoms with Crippen LogP contribution in [0.1, 0.15) is 104 Å². The van der Waals surface area contributed by atoms with Crippen LogP contribution in [0.15, 0.2) is 5.11 Å². The number of unbranched alkanes of at least 4 members (excludes halogenated alkanes) is 10. The SMILES string of the molecule is CCCCCCCCC(CCCCCCCC)OC(=O)CN=[N+]=[N-]. The Hall–Kier alpha value is -1.22. The highest BCUT2D eigenvalue weighted by atomic mass is 16.5. The lowest BCUT2D eigenvalue weighted by molar-refractivity contribution is -0.148. The van der Waals surface area contributed by atoms with Crippen LogP contribution in [0, 0.1) is 0 Å². The fourth-order valence-electron chi connectivity index (χ4n) is 2.88. The van der Waals surface area contributed by atoms with Crippen LogP contribution in [0.5, 0.6) is 0 Å². The molecule has 0 heterocycles. The smallest absolute Gasteiger partial charge is 0.311 e. The molecule has 0 amide bonds. The van der Waals surface area contributed by atoms with E-state index < -0.39 is 5.97 Å². The monoisotopic (exact) mass is 339 g/mol. The van der Waals surface area contributed by atoms with Crippen molar-refractivity contribution in [2.45, 2.75) is 110 Å². The lowest BCUT2D eigenvalue weighted by Gasteiger charge is -2.17. The topological polar surface area (TPSA) is 75.1 Å². The molecule has 140 valence electrons. The molecular weight excluding hydrogens is 302 g/mol. The average molecular weight is 340 g/mol. The number of nitrogens with zero attached hydrogens (tertiary/aromatic N) is 3. The molecule has 0 saturated carbocycles. The van der Waals surface area contributed by atoms with E-state index in [1.165, 1.54) is 64.2 Å². The largest absolute Gasteiger partial charge is 0.462 e. The van der Waals surface area contributed by atoms with Gasteiger partial charge in [0, 0.05) is 4.91 Å². The molecule has 0 bridgehead atoms. The minimum Gasteiger partial charge on any atom is -0.462 e. The quantitative estimate of drug-likeness (QED) is 0.0970. The molecule has 0 spiro atoms. The summed E-state index contributed by atoms with van der Waals surface area (Å²) in [5.41, 5.74) is 8.29. The number of carbonyl (C=O) groups is 1. The molecule has 0 atom stereocenters. The van der Waals surface area contributed by atoms with E-state index in [2.05, 4.69) is 23.9 Å². The maximum atomic E-state index is 11.7. The Labute approximate surface area is 148 Å². The van der Waals surface area contributed by atoms with Gasteiger partial charge in [-0.2, -0.15) is 0 Å². The second kappa shape index (κ2) is 18.1. The van der Waals surface area contributed by atoms with E-state index in [9.17, 15) is 4.79 Å². The molecule has 0 aliphatic heterocycles. The molecular formula is C19H37N3O2. The Morgan fingerprint density at radius 2 is 1.33 bits per heavy atom. The highest BCUT2D eigenvalue weighted by Crippen LogP contribution is 2.17. The molecule has 24 heavy (non-hydrogen) atoms. The van der Waals surface area contributed by atoms with Gasteiger partial charge >= 0.3 is 5.97 Å². The maximum absolute atomic E-state index is 11.7. The lowest BCUT2D eigenvalue weighted by atomic mass is 10.0. The van der Waals surface area contributed by atoms with Gasteiger partial charge in [0.05, 0.1) is 0 Å². The highest BCUT2D eigenvalue weighted by molar-refractivity contribution is 5.71. The number of hydrogen-bond acceptors (Lipinski definition) is 3. The van der Waals surface area contributed by atoms with E-state index in [1.54, 1.807) is 0 Å². The van der Waals surface area contributed by atoms with E-state index >= 15 is 0 Å². The lowest BCUT2D eigenvalue weighted by Crippen LogP contribution is -2.20. The molecule has 0 aromatic rings. The van der Waals surface area contributed by atoms with Crippen molar-refractivity contribution in [1.29, 1.82) is 0 Å². The number of carbonyl (C=O) groups excluding carboxylic acids is 1. The van der Waals surface area contributed by atoms with Crippen LogP contribution in [0.25, 0.3) is 10.4 Å². The van der Waals surface area contributed by atoms with Gasteiger partial charge in [-0.05, 0) is 31.2 Å². The third-order valence-corrected chi connectivity index (χ3v) is 4.32. The van der Waals surface area contributed by atoms with Gasteiger partial charge in [-0.25, -0.2) is 0 Å². The van der Waals surface area contributed by atoms with Crippen LogP contribution in [0.3, 0.4) is 0 Å². The standard InChI is InChI=1S/C19H37N3O2/c1-3-5-7-9-11-13-15-18(24-19(23)17-21-22-20)16-14-12-10-8-6-4-2/h18H,3-17H2,1-2H3. The molecule has 0 rings (SSSR count). The summed E-state index contributed by atoms with van der Waals surface area (Å²) in [6.45, 7) is 4.25. The summed E-state index contributed by atoms with van der Waals surface area (Å²) in [6, 6.07) is 0. The van der Waals surface area contributed by atoms with Crippen LogP contribution in [0.2, 0.25) is 0 Å². The second-order valence-electron chi connectivity index (χ2n) is 6.61. The Morgan fingerprint density at radius 1 is 0.875 bits per heavy atom. The zero-order valence-electron chi connectivity index (χ0n) is 15.8. The number of ether oxygens (including phenoxy) is 1. The van der Waals surface area contributed by atoms with Crippen molar-refractivity contribution in [2.75, 3.05) is 6.54 Å². The van der Waals surface area contributed by atoms with Crippen molar-refractivity contribution in [2.24, 2.45) is 5.11 Å². The van der Waals surface area contributed by atoms with Crippen molar-refractivity contribution < 1.29 is 9.53 Å². The van der Waals surface area contributed by atoms with E-state index in [0.29, 0.717) is 0 Å². The molecule has 0 fully saturated rings. The summed E-state index contributed by atoms with van der Waals surface area (Å²) >= 11 is 0. The van der Waals surface area contributed by atoms with Crippen molar-refractivity contribution in [3.63, 3.8) is 0 Å². The van der Waals surface area contributed by atoms with Gasteiger partial charge in [-0.3, -0.25) is 4.79 Å². The Morgan fingerprint density at radius 3 is 1.79 bits per heavy atom. The average Bonchev–Trinajstić information content (AvgIpc) is 2.58. The first-order valence-electron chi connectivity index (χ1n) is 9.94. The van der Waals surface area contributed by atoms with Gasteiger partial charge in [-0.1, -0.05) is 83.2 Å². The fourth-order valence-corrected chi connectivity index (χ4v) is 2.88. The van der Waals surface area contributed by atoms with Crippen LogP contribution < -0.4 is 0 Å². The molecule has 5 nitrogen and oxygen atoms in total. The number of rotatable bonds is 17. The van der Waals surface area contributed by atoms with Gasteiger partial charge in [0.15, 0.2) is 0 Å². The first-order chi connectivity index (χ1) is 11.7. The summed E-state index contributed by atoms with van der Waals surface area (Å²) in [7, 11) is 0. The predicted molar refractivity (Wildman–Crippen MR) is 99.9 cm³/mol. The number of azide groups is 1. The molecule has 5 heteroatoms. The van der Waals surface area contributed by atoms with Crippen molar-refractivity contribution in [1.82, 2.24) is 0 Å². The minimum absolute atomic E-state index is 0.0104. The Bertz CT molecular complexity index is 326. The molecule has 0 saturated heterocycles. The predicted octanol–water partition coefficient (Wildman–Crippen LogP) is 6.71. The normalized spacial score (nSPS) is 10.6. The van der Waals surface area contributed by atoms with Crippen molar-refractivity contribution in [3.05, 3.63) is 10.4 Å². The van der Waals surface area contributed by atoms with Gasteiger partial charge in [0.1, 0.15) is 12.6 Å². The fraction of sp³-hybridized carbons (Fsp3) is 0.947. The third-order valence-electron chi connectivity index (χ3n) is 4.32. The first kappa shape index (κ1) is 22.8. The Kier molecular flexibility index (Phi) is 17.2. The van der Waals surface area contributed by atoms with E-state index in [0.717, 1.165) is 25.7 Å². The van der Waals surface area contributed by atoms with Crippen molar-refractivity contribution >= 4 is 5.97 Å². The van der Waals surface area contributed by atoms with E-state index in [4.69, 9.17) is 10.3 Å². The number of hydrogen-bond donors (Lipinski definition) is 0. The summed E-state index contributed by atoms with van der Waals surface area (Å²) in [4.78, 5) is 14.3. The third kappa shape index (κ3) is 15.7. The molecule has 0 aromatic carbocycles. The second-order valence-corrected chi connectivity index (χ2v) is 6.61. The van der Waals surface area contributed by atoms with Crippen LogP contribution in [-0.2, 0) is 9.53 Å². The van der Waals surface area contributed by atoms with Gasteiger partial charge in [-0.15, -0.1) is 0 Å². The van der Waals surface area contributed by atoms with E-state index in [1.807, 2.05) is 0 Å². The molecule has 0 unspecified atom stereocenters. The first-order valence-corrected chi connectivity index (χ1v) is 9.94. The van der Waals surface area contributed by atoms with Crippen molar-refractivity contribution in [3.8, 4) is 0 Å². The van der Waals surface area contributed by atoms with Gasteiger partial charge in [0.2, 0.25) is 0 Å². The maximum Gasteiger partial charge on any atom is 0.311 e. The zero-order chi connectivity index (χ0) is 17.9. The summed E-state index contributed by atoms with van der Waals surface area (Å²) in [5, 5.41) is 3.29. The van der Waals surface area contributed by atoms with Crippen LogP contribution in [0.4, 0.5) is 0 Å². The highest BCUT2D eigenvalue weighted by Gasteiger charge is 2.13. The van der Waals surface area contributed by atoms with Gasteiger partial charge in [0.25, 0.3) is 0 Å². The zero-order valence-corrected chi connectivity index (χ0v) is 15.8. The molecule has 0 aliphatic rings. The molecule has 0 aromatic heterocycles. The number of esters is 1. The van der Waals surface area contributed by atoms with Crippen LogP contribution in [-0.4, -0.2) is 18.6 Å².